The summed E-state index contributed by atoms with van der Waals surface area (Å²) >= 11 is 1.35. The summed E-state index contributed by atoms with van der Waals surface area (Å²) in [5, 5.41) is 3.42. The number of unbranched alkanes of at least 4 members (excludes halogenated alkanes) is 1. The van der Waals surface area contributed by atoms with E-state index in [9.17, 15) is 14.4 Å². The van der Waals surface area contributed by atoms with Crippen LogP contribution in [0.3, 0.4) is 0 Å². The Hall–Kier alpha value is -3.10. The lowest BCUT2D eigenvalue weighted by molar-refractivity contribution is -0.135. The SMILES string of the molecule is NCCCCC(NC(=O)[C@H]1CCCN(C(=O)CCc2ccccc2)C1)C(=O)c1nc2ccccc2s1. The second kappa shape index (κ2) is 12.7. The monoisotopic (exact) mass is 506 g/mol. The first-order valence-electron chi connectivity index (χ1n) is 12.8. The highest BCUT2D eigenvalue weighted by molar-refractivity contribution is 7.20. The summed E-state index contributed by atoms with van der Waals surface area (Å²) in [5.74, 6) is -0.572. The van der Waals surface area contributed by atoms with Crippen LogP contribution in [0.5, 0.6) is 0 Å². The Labute approximate surface area is 216 Å². The minimum absolute atomic E-state index is 0.0707. The number of aromatic nitrogens is 1. The molecule has 8 heteroatoms. The highest BCUT2D eigenvalue weighted by atomic mass is 32.1. The van der Waals surface area contributed by atoms with Crippen molar-refractivity contribution < 1.29 is 14.4 Å². The second-order valence-electron chi connectivity index (χ2n) is 9.36. The molecule has 1 unspecified atom stereocenters. The van der Waals surface area contributed by atoms with Crippen LogP contribution < -0.4 is 11.1 Å². The molecule has 2 atom stereocenters. The van der Waals surface area contributed by atoms with Crippen molar-refractivity contribution in [3.05, 3.63) is 65.2 Å². The largest absolute Gasteiger partial charge is 0.346 e. The van der Waals surface area contributed by atoms with Crippen molar-refractivity contribution in [2.75, 3.05) is 19.6 Å². The summed E-state index contributed by atoms with van der Waals surface area (Å²) in [6.45, 7) is 1.60. The van der Waals surface area contributed by atoms with Crippen LogP contribution >= 0.6 is 11.3 Å². The van der Waals surface area contributed by atoms with Gasteiger partial charge >= 0.3 is 0 Å². The van der Waals surface area contributed by atoms with Crippen LogP contribution in [-0.4, -0.2) is 53.2 Å². The summed E-state index contributed by atoms with van der Waals surface area (Å²) in [4.78, 5) is 45.7. The van der Waals surface area contributed by atoms with Crippen LogP contribution in [-0.2, 0) is 16.0 Å². The Bertz CT molecular complexity index is 1150. The third-order valence-electron chi connectivity index (χ3n) is 6.70. The van der Waals surface area contributed by atoms with E-state index in [0.29, 0.717) is 50.3 Å². The molecule has 2 aromatic carbocycles. The van der Waals surface area contributed by atoms with Gasteiger partial charge in [-0.1, -0.05) is 42.5 Å². The Morgan fingerprint density at radius 2 is 1.86 bits per heavy atom. The summed E-state index contributed by atoms with van der Waals surface area (Å²) in [7, 11) is 0. The standard InChI is InChI=1S/C28H34N4O3S/c29-17-7-6-13-23(26(34)28-31-22-12-4-5-14-24(22)36-28)30-27(35)21-11-8-18-32(19-21)25(33)16-15-20-9-2-1-3-10-20/h1-5,9-10,12,14,21,23H,6-8,11,13,15-19,29H2,(H,30,35)/t21-,23?/m0/s1. The first-order valence-corrected chi connectivity index (χ1v) is 13.6. The fourth-order valence-electron chi connectivity index (χ4n) is 4.65. The van der Waals surface area contributed by atoms with Crippen molar-refractivity contribution in [1.82, 2.24) is 15.2 Å². The van der Waals surface area contributed by atoms with Crippen molar-refractivity contribution in [1.29, 1.82) is 0 Å². The number of piperidine rings is 1. The molecule has 0 saturated carbocycles. The van der Waals surface area contributed by atoms with Crippen LogP contribution in [0.2, 0.25) is 0 Å². The molecule has 2 heterocycles. The number of para-hydroxylation sites is 1. The number of hydrogen-bond acceptors (Lipinski definition) is 6. The van der Waals surface area contributed by atoms with E-state index in [4.69, 9.17) is 5.73 Å². The van der Waals surface area contributed by atoms with E-state index in [1.165, 1.54) is 11.3 Å². The number of benzene rings is 2. The first kappa shape index (κ1) is 26.0. The number of nitrogens with one attached hydrogen (secondary N) is 1. The van der Waals surface area contributed by atoms with Crippen LogP contribution in [0.4, 0.5) is 0 Å². The summed E-state index contributed by atoms with van der Waals surface area (Å²) in [5.41, 5.74) is 7.57. The van der Waals surface area contributed by atoms with E-state index in [1.54, 1.807) is 4.90 Å². The number of nitrogens with two attached hydrogens (primary N) is 1. The number of aryl methyl sites for hydroxylation is 1. The molecule has 0 bridgehead atoms. The molecule has 0 spiro atoms. The number of amides is 2. The molecule has 0 radical (unpaired) electrons. The van der Waals surface area contributed by atoms with Gasteiger partial charge in [-0.25, -0.2) is 4.98 Å². The Morgan fingerprint density at radius 3 is 2.64 bits per heavy atom. The maximum Gasteiger partial charge on any atom is 0.225 e. The number of carbonyl (C=O) groups excluding carboxylic acids is 3. The lowest BCUT2D eigenvalue weighted by Crippen LogP contribution is -2.49. The lowest BCUT2D eigenvalue weighted by Gasteiger charge is -2.33. The maximum atomic E-state index is 13.4. The highest BCUT2D eigenvalue weighted by Crippen LogP contribution is 2.24. The van der Waals surface area contributed by atoms with Gasteiger partial charge in [-0.2, -0.15) is 0 Å². The average molecular weight is 507 g/mol. The number of rotatable bonds is 11. The molecule has 3 N–H and O–H groups in total. The van der Waals surface area contributed by atoms with Gasteiger partial charge in [0, 0.05) is 19.5 Å². The van der Waals surface area contributed by atoms with Crippen LogP contribution in [0.1, 0.15) is 53.9 Å². The summed E-state index contributed by atoms with van der Waals surface area (Å²) < 4.78 is 0.949. The quantitative estimate of drug-likeness (QED) is 0.302. The van der Waals surface area contributed by atoms with E-state index >= 15 is 0 Å². The Morgan fingerprint density at radius 1 is 1.08 bits per heavy atom. The van der Waals surface area contributed by atoms with Gasteiger partial charge in [-0.3, -0.25) is 14.4 Å². The zero-order valence-corrected chi connectivity index (χ0v) is 21.3. The molecule has 2 amide bonds. The van der Waals surface area contributed by atoms with Gasteiger partial charge < -0.3 is 16.0 Å². The topological polar surface area (TPSA) is 105 Å². The molecule has 1 aromatic heterocycles. The molecule has 1 aliphatic rings. The maximum absolute atomic E-state index is 13.4. The van der Waals surface area contributed by atoms with Gasteiger partial charge in [0.2, 0.25) is 17.6 Å². The van der Waals surface area contributed by atoms with E-state index < -0.39 is 6.04 Å². The van der Waals surface area contributed by atoms with Crippen LogP contribution in [0.25, 0.3) is 10.2 Å². The van der Waals surface area contributed by atoms with Crippen molar-refractivity contribution >= 4 is 39.2 Å². The average Bonchev–Trinajstić information content (AvgIpc) is 3.36. The zero-order chi connectivity index (χ0) is 25.3. The van der Waals surface area contributed by atoms with Crippen molar-refractivity contribution in [2.24, 2.45) is 11.7 Å². The van der Waals surface area contributed by atoms with Crippen LogP contribution in [0, 0.1) is 5.92 Å². The Balaban J connectivity index is 1.38. The third kappa shape index (κ3) is 6.77. The van der Waals surface area contributed by atoms with Crippen molar-refractivity contribution in [3.8, 4) is 0 Å². The number of carbonyl (C=O) groups is 3. The predicted octanol–water partition coefficient (Wildman–Crippen LogP) is 3.96. The normalized spacial score (nSPS) is 16.6. The van der Waals surface area contributed by atoms with Crippen LogP contribution in [0.15, 0.2) is 54.6 Å². The molecule has 7 nitrogen and oxygen atoms in total. The van der Waals surface area contributed by atoms with Gasteiger partial charge in [0.25, 0.3) is 0 Å². The van der Waals surface area contributed by atoms with Gasteiger partial charge in [0.15, 0.2) is 5.01 Å². The molecule has 0 aliphatic carbocycles. The van der Waals surface area contributed by atoms with Gasteiger partial charge in [-0.05, 0) is 62.8 Å². The molecule has 1 saturated heterocycles. The number of thiazole rings is 1. The smallest absolute Gasteiger partial charge is 0.225 e. The van der Waals surface area contributed by atoms with Gasteiger partial charge in [-0.15, -0.1) is 11.3 Å². The van der Waals surface area contributed by atoms with Crippen molar-refractivity contribution in [2.45, 2.75) is 51.0 Å². The van der Waals surface area contributed by atoms with Crippen molar-refractivity contribution in [3.63, 3.8) is 0 Å². The predicted molar refractivity (Wildman–Crippen MR) is 143 cm³/mol. The minimum Gasteiger partial charge on any atom is -0.346 e. The number of fused-ring (bicyclic) bond motifs is 1. The van der Waals surface area contributed by atoms with Gasteiger partial charge in [0.05, 0.1) is 22.2 Å². The number of Topliss-reactive ketones (excluding diaryl/α,β-unsaturated/α-hetero) is 1. The molecule has 1 aliphatic heterocycles. The highest BCUT2D eigenvalue weighted by Gasteiger charge is 2.31. The summed E-state index contributed by atoms with van der Waals surface area (Å²) in [6.07, 6.45) is 4.64. The molecule has 36 heavy (non-hydrogen) atoms. The molecule has 4 rings (SSSR count). The number of ketones is 1. The Kier molecular flexibility index (Phi) is 9.19. The lowest BCUT2D eigenvalue weighted by atomic mass is 9.95. The summed E-state index contributed by atoms with van der Waals surface area (Å²) in [6, 6.07) is 16.9. The molecule has 190 valence electrons. The number of nitrogens with zero attached hydrogens (tertiary/aromatic N) is 2. The van der Waals surface area contributed by atoms with E-state index in [2.05, 4.69) is 10.3 Å². The molecule has 3 aromatic rings. The third-order valence-corrected chi connectivity index (χ3v) is 7.75. The molecular formula is C28H34N4O3S. The number of likely N-dealkylation sites (tertiary alicyclic amines) is 1. The molecule has 1 fully saturated rings. The molecular weight excluding hydrogens is 472 g/mol. The van der Waals surface area contributed by atoms with E-state index in [-0.39, 0.29) is 23.5 Å². The van der Waals surface area contributed by atoms with E-state index in [1.807, 2.05) is 54.6 Å². The minimum atomic E-state index is -0.645. The van der Waals surface area contributed by atoms with E-state index in [0.717, 1.165) is 35.0 Å². The second-order valence-corrected chi connectivity index (χ2v) is 10.4. The first-order chi connectivity index (χ1) is 17.5. The fourth-order valence-corrected chi connectivity index (χ4v) is 5.61. The number of hydrogen-bond donors (Lipinski definition) is 2. The van der Waals surface area contributed by atoms with Gasteiger partial charge in [0.1, 0.15) is 0 Å². The fraction of sp³-hybridized carbons (Fsp3) is 0.429. The zero-order valence-electron chi connectivity index (χ0n) is 20.5.